The predicted octanol–water partition coefficient (Wildman–Crippen LogP) is 4.89. The second-order valence-corrected chi connectivity index (χ2v) is 8.40. The largest absolute Gasteiger partial charge is 0.363 e. The van der Waals surface area contributed by atoms with Gasteiger partial charge in [0, 0.05) is 48.2 Å². The zero-order valence-corrected chi connectivity index (χ0v) is 17.9. The standard InChI is InChI=1S/C26H24N6/c1-18-17-31(25-8-4-5-11-27-25)12-13-32(18)24-15-19-6-2-3-7-22(19)29-26(24)20-9-10-23-21(14-20)16-28-30-23/h2-11,14-16,18H,12-13,17H2,1H3,(H,28,30). The summed E-state index contributed by atoms with van der Waals surface area (Å²) in [6, 6.07) is 23.5. The molecule has 1 saturated heterocycles. The molecule has 158 valence electrons. The van der Waals surface area contributed by atoms with Crippen molar-refractivity contribution in [3.05, 3.63) is 79.1 Å². The van der Waals surface area contributed by atoms with Crippen molar-refractivity contribution in [3.63, 3.8) is 0 Å². The number of H-pyrrole nitrogens is 1. The van der Waals surface area contributed by atoms with Gasteiger partial charge in [-0.25, -0.2) is 9.97 Å². The lowest BCUT2D eigenvalue weighted by Gasteiger charge is -2.42. The van der Waals surface area contributed by atoms with Crippen LogP contribution in [0.4, 0.5) is 11.5 Å². The third kappa shape index (κ3) is 3.24. The molecule has 32 heavy (non-hydrogen) atoms. The first kappa shape index (κ1) is 18.8. The average molecular weight is 421 g/mol. The summed E-state index contributed by atoms with van der Waals surface area (Å²) in [5, 5.41) is 9.48. The van der Waals surface area contributed by atoms with Crippen LogP contribution in [-0.4, -0.2) is 45.8 Å². The molecule has 1 aliphatic rings. The molecule has 0 radical (unpaired) electrons. The van der Waals surface area contributed by atoms with Gasteiger partial charge >= 0.3 is 0 Å². The molecule has 1 atom stereocenters. The quantitative estimate of drug-likeness (QED) is 0.450. The highest BCUT2D eigenvalue weighted by molar-refractivity contribution is 5.92. The van der Waals surface area contributed by atoms with Crippen molar-refractivity contribution in [1.29, 1.82) is 0 Å². The molecule has 0 saturated carbocycles. The summed E-state index contributed by atoms with van der Waals surface area (Å²) in [6.45, 7) is 5.05. The van der Waals surface area contributed by atoms with E-state index < -0.39 is 0 Å². The van der Waals surface area contributed by atoms with Crippen LogP contribution in [0, 0.1) is 0 Å². The first-order chi connectivity index (χ1) is 15.8. The van der Waals surface area contributed by atoms with Crippen LogP contribution in [0.25, 0.3) is 33.1 Å². The van der Waals surface area contributed by atoms with Crippen LogP contribution < -0.4 is 9.80 Å². The van der Waals surface area contributed by atoms with Crippen molar-refractivity contribution in [1.82, 2.24) is 20.2 Å². The fraction of sp³-hybridized carbons (Fsp3) is 0.192. The number of rotatable bonds is 3. The third-order valence-corrected chi connectivity index (χ3v) is 6.33. The molecule has 1 fully saturated rings. The van der Waals surface area contributed by atoms with Crippen LogP contribution >= 0.6 is 0 Å². The molecular weight excluding hydrogens is 396 g/mol. The van der Waals surface area contributed by atoms with Crippen molar-refractivity contribution in [3.8, 4) is 11.3 Å². The monoisotopic (exact) mass is 420 g/mol. The summed E-state index contributed by atoms with van der Waals surface area (Å²) in [5.74, 6) is 1.04. The second-order valence-electron chi connectivity index (χ2n) is 8.40. The Morgan fingerprint density at radius 3 is 2.72 bits per heavy atom. The molecule has 6 nitrogen and oxygen atoms in total. The Morgan fingerprint density at radius 2 is 1.84 bits per heavy atom. The summed E-state index contributed by atoms with van der Waals surface area (Å²) >= 11 is 0. The van der Waals surface area contributed by atoms with E-state index in [0.29, 0.717) is 6.04 Å². The van der Waals surface area contributed by atoms with Gasteiger partial charge in [0.1, 0.15) is 5.82 Å². The van der Waals surface area contributed by atoms with E-state index in [-0.39, 0.29) is 0 Å². The molecule has 2 aromatic carbocycles. The Balaban J connectivity index is 1.43. The van der Waals surface area contributed by atoms with E-state index in [1.807, 2.05) is 24.5 Å². The maximum absolute atomic E-state index is 5.13. The molecule has 5 aromatic rings. The average Bonchev–Trinajstić information content (AvgIpc) is 3.32. The number of pyridine rings is 2. The molecule has 4 heterocycles. The fourth-order valence-electron chi connectivity index (χ4n) is 4.69. The summed E-state index contributed by atoms with van der Waals surface area (Å²) in [6.07, 6.45) is 3.73. The highest BCUT2D eigenvalue weighted by Gasteiger charge is 2.27. The first-order valence-electron chi connectivity index (χ1n) is 11.0. The fourth-order valence-corrected chi connectivity index (χ4v) is 4.69. The van der Waals surface area contributed by atoms with Gasteiger partial charge in [-0.1, -0.05) is 30.3 Å². The number of aromatic nitrogens is 4. The molecule has 0 spiro atoms. The Morgan fingerprint density at radius 1 is 0.938 bits per heavy atom. The summed E-state index contributed by atoms with van der Waals surface area (Å²) in [7, 11) is 0. The van der Waals surface area contributed by atoms with Gasteiger partial charge in [-0.15, -0.1) is 0 Å². The second kappa shape index (κ2) is 7.64. The molecule has 1 unspecified atom stereocenters. The van der Waals surface area contributed by atoms with Gasteiger partial charge in [-0.2, -0.15) is 5.10 Å². The summed E-state index contributed by atoms with van der Waals surface area (Å²) < 4.78 is 0. The first-order valence-corrected chi connectivity index (χ1v) is 11.0. The van der Waals surface area contributed by atoms with Crippen LogP contribution in [-0.2, 0) is 0 Å². The Kier molecular flexibility index (Phi) is 4.49. The maximum atomic E-state index is 5.13. The molecule has 1 N–H and O–H groups in total. The topological polar surface area (TPSA) is 60.9 Å². The SMILES string of the molecule is CC1CN(c2ccccn2)CCN1c1cc2ccccc2nc1-c1ccc2[nH]ncc2c1. The minimum absolute atomic E-state index is 0.324. The number of benzene rings is 2. The van der Waals surface area contributed by atoms with E-state index in [9.17, 15) is 0 Å². The van der Waals surface area contributed by atoms with Crippen molar-refractivity contribution in [2.45, 2.75) is 13.0 Å². The molecule has 1 aliphatic heterocycles. The van der Waals surface area contributed by atoms with Crippen LogP contribution in [0.1, 0.15) is 6.92 Å². The van der Waals surface area contributed by atoms with E-state index in [1.54, 1.807) is 0 Å². The van der Waals surface area contributed by atoms with Crippen molar-refractivity contribution in [2.75, 3.05) is 29.4 Å². The Bertz CT molecular complexity index is 1390. The smallest absolute Gasteiger partial charge is 0.128 e. The molecule has 0 amide bonds. The minimum Gasteiger partial charge on any atom is -0.363 e. The lowest BCUT2D eigenvalue weighted by atomic mass is 10.0. The molecule has 0 bridgehead atoms. The zero-order chi connectivity index (χ0) is 21.5. The Labute approximate surface area is 186 Å². The predicted molar refractivity (Wildman–Crippen MR) is 130 cm³/mol. The third-order valence-electron chi connectivity index (χ3n) is 6.33. The van der Waals surface area contributed by atoms with Crippen LogP contribution in [0.2, 0.25) is 0 Å². The number of nitrogens with one attached hydrogen (secondary N) is 1. The van der Waals surface area contributed by atoms with E-state index in [2.05, 4.69) is 86.5 Å². The van der Waals surface area contributed by atoms with Gasteiger partial charge in [0.25, 0.3) is 0 Å². The van der Waals surface area contributed by atoms with Gasteiger partial charge in [-0.05, 0) is 43.3 Å². The number of anilines is 2. The number of aromatic amines is 1. The summed E-state index contributed by atoms with van der Waals surface area (Å²) in [4.78, 5) is 14.5. The van der Waals surface area contributed by atoms with E-state index in [4.69, 9.17) is 4.98 Å². The van der Waals surface area contributed by atoms with Crippen molar-refractivity contribution in [2.24, 2.45) is 0 Å². The molecule has 6 rings (SSSR count). The van der Waals surface area contributed by atoms with Crippen LogP contribution in [0.5, 0.6) is 0 Å². The van der Waals surface area contributed by atoms with Crippen LogP contribution in [0.15, 0.2) is 79.1 Å². The number of hydrogen-bond donors (Lipinski definition) is 1. The van der Waals surface area contributed by atoms with E-state index in [0.717, 1.165) is 58.5 Å². The molecule has 0 aliphatic carbocycles. The van der Waals surface area contributed by atoms with Gasteiger partial charge in [0.2, 0.25) is 0 Å². The highest BCUT2D eigenvalue weighted by Crippen LogP contribution is 2.35. The maximum Gasteiger partial charge on any atom is 0.128 e. The van der Waals surface area contributed by atoms with Gasteiger partial charge in [-0.3, -0.25) is 5.10 Å². The lowest BCUT2D eigenvalue weighted by molar-refractivity contribution is 0.547. The van der Waals surface area contributed by atoms with Gasteiger partial charge < -0.3 is 9.80 Å². The van der Waals surface area contributed by atoms with Gasteiger partial charge in [0.05, 0.1) is 28.6 Å². The molecular formula is C26H24N6. The molecule has 3 aromatic heterocycles. The van der Waals surface area contributed by atoms with Gasteiger partial charge in [0.15, 0.2) is 0 Å². The Hall–Kier alpha value is -3.93. The van der Waals surface area contributed by atoms with E-state index >= 15 is 0 Å². The number of fused-ring (bicyclic) bond motifs is 2. The number of para-hydroxylation sites is 1. The van der Waals surface area contributed by atoms with Crippen LogP contribution in [0.3, 0.4) is 0 Å². The zero-order valence-electron chi connectivity index (χ0n) is 17.9. The highest BCUT2D eigenvalue weighted by atomic mass is 15.3. The lowest BCUT2D eigenvalue weighted by Crippen LogP contribution is -2.52. The van der Waals surface area contributed by atoms with E-state index in [1.165, 1.54) is 5.69 Å². The normalized spacial score (nSPS) is 16.7. The molecule has 6 heteroatoms. The number of nitrogens with zero attached hydrogens (tertiary/aromatic N) is 5. The van der Waals surface area contributed by atoms with Crippen molar-refractivity contribution < 1.29 is 0 Å². The van der Waals surface area contributed by atoms with Crippen molar-refractivity contribution >= 4 is 33.3 Å². The summed E-state index contributed by atoms with van der Waals surface area (Å²) in [5.41, 5.74) is 5.36. The minimum atomic E-state index is 0.324. The number of hydrogen-bond acceptors (Lipinski definition) is 5. The number of piperazine rings is 1.